The zero-order valence-corrected chi connectivity index (χ0v) is 14.4. The summed E-state index contributed by atoms with van der Waals surface area (Å²) in [5.74, 6) is 1.56. The molecule has 7 heteroatoms. The van der Waals surface area contributed by atoms with Crippen LogP contribution in [0.3, 0.4) is 0 Å². The minimum absolute atomic E-state index is 0.169. The van der Waals surface area contributed by atoms with Crippen molar-refractivity contribution >= 4 is 11.9 Å². The van der Waals surface area contributed by atoms with Gasteiger partial charge in [-0.05, 0) is 31.6 Å². The summed E-state index contributed by atoms with van der Waals surface area (Å²) in [6, 6.07) is 0. The molecule has 0 bridgehead atoms. The lowest BCUT2D eigenvalue weighted by molar-refractivity contribution is -0.139. The number of hydrogen-bond acceptors (Lipinski definition) is 6. The van der Waals surface area contributed by atoms with Crippen molar-refractivity contribution in [3.63, 3.8) is 0 Å². The molecule has 7 nitrogen and oxygen atoms in total. The maximum Gasteiger partial charge on any atom is 0.225 e. The van der Waals surface area contributed by atoms with E-state index in [2.05, 4.69) is 14.9 Å². The first-order chi connectivity index (χ1) is 11.5. The Hall–Kier alpha value is -1.89. The summed E-state index contributed by atoms with van der Waals surface area (Å²) in [5.41, 5.74) is 0.172. The topological polar surface area (TPSA) is 78.8 Å². The van der Waals surface area contributed by atoms with Gasteiger partial charge in [0.15, 0.2) is 5.75 Å². The van der Waals surface area contributed by atoms with Crippen molar-refractivity contribution < 1.29 is 14.6 Å². The van der Waals surface area contributed by atoms with E-state index in [-0.39, 0.29) is 11.3 Å². The number of nitrogens with zero attached hydrogens (tertiary/aromatic N) is 4. The summed E-state index contributed by atoms with van der Waals surface area (Å²) < 4.78 is 5.10. The van der Waals surface area contributed by atoms with Gasteiger partial charge in [-0.2, -0.15) is 0 Å². The number of ether oxygens (including phenoxy) is 1. The number of likely N-dealkylation sites (tertiary alicyclic amines) is 1. The van der Waals surface area contributed by atoms with Crippen molar-refractivity contribution in [1.82, 2.24) is 14.9 Å². The van der Waals surface area contributed by atoms with Crippen LogP contribution in [0.15, 0.2) is 12.4 Å². The second-order valence-electron chi connectivity index (χ2n) is 7.03. The number of rotatable bonds is 4. The number of anilines is 1. The quantitative estimate of drug-likeness (QED) is 0.887. The minimum Gasteiger partial charge on any atom is -0.494 e. The van der Waals surface area contributed by atoms with Crippen LogP contribution in [-0.2, 0) is 4.79 Å². The fourth-order valence-corrected chi connectivity index (χ4v) is 3.75. The molecule has 1 aromatic rings. The number of piperidine rings is 2. The number of hydrogen-bond donors (Lipinski definition) is 1. The first-order valence-corrected chi connectivity index (χ1v) is 8.58. The Morgan fingerprint density at radius 3 is 2.54 bits per heavy atom. The van der Waals surface area contributed by atoms with E-state index >= 15 is 0 Å². The van der Waals surface area contributed by atoms with Gasteiger partial charge in [0.25, 0.3) is 0 Å². The monoisotopic (exact) mass is 334 g/mol. The number of β-amino-alcohol motifs (C(OH)–C–C–N with tert-alkyl or cyclic N) is 1. The lowest BCUT2D eigenvalue weighted by Crippen LogP contribution is -2.53. The minimum atomic E-state index is -0.475. The third-order valence-electron chi connectivity index (χ3n) is 5.19. The highest BCUT2D eigenvalue weighted by atomic mass is 16.5. The van der Waals surface area contributed by atoms with Crippen LogP contribution in [0.5, 0.6) is 5.75 Å². The normalized spacial score (nSPS) is 21.9. The average Bonchev–Trinajstić information content (AvgIpc) is 2.59. The van der Waals surface area contributed by atoms with Crippen LogP contribution >= 0.6 is 0 Å². The highest BCUT2D eigenvalue weighted by molar-refractivity contribution is 5.77. The Morgan fingerprint density at radius 1 is 1.29 bits per heavy atom. The molecule has 2 aliphatic rings. The predicted octanol–water partition coefficient (Wildman–Crippen LogP) is 1.07. The molecule has 2 aliphatic heterocycles. The van der Waals surface area contributed by atoms with Crippen LogP contribution in [0.2, 0.25) is 0 Å². The number of amides is 1. The second-order valence-corrected chi connectivity index (χ2v) is 7.03. The molecular formula is C17H26N4O3. The summed E-state index contributed by atoms with van der Waals surface area (Å²) >= 11 is 0. The SMILES string of the molecule is COc1cnc(N2CCC3(CCC(=O)N(C[C@@H](C)O)C3)CC2)nc1. The van der Waals surface area contributed by atoms with Gasteiger partial charge in [0.05, 0.1) is 25.6 Å². The Balaban J connectivity index is 1.61. The van der Waals surface area contributed by atoms with E-state index in [1.54, 1.807) is 26.4 Å². The van der Waals surface area contributed by atoms with Crippen LogP contribution in [0.4, 0.5) is 5.95 Å². The average molecular weight is 334 g/mol. The van der Waals surface area contributed by atoms with Crippen molar-refractivity contribution in [2.75, 3.05) is 38.2 Å². The van der Waals surface area contributed by atoms with E-state index in [1.807, 2.05) is 4.90 Å². The molecule has 0 aliphatic carbocycles. The van der Waals surface area contributed by atoms with Crippen LogP contribution in [0, 0.1) is 5.41 Å². The van der Waals surface area contributed by atoms with Crippen molar-refractivity contribution in [3.8, 4) is 5.75 Å². The summed E-state index contributed by atoms with van der Waals surface area (Å²) in [7, 11) is 1.60. The number of aromatic nitrogens is 2. The number of methoxy groups -OCH3 is 1. The van der Waals surface area contributed by atoms with Gasteiger partial charge in [-0.1, -0.05) is 0 Å². The largest absolute Gasteiger partial charge is 0.494 e. The fraction of sp³-hybridized carbons (Fsp3) is 0.706. The van der Waals surface area contributed by atoms with E-state index in [0.717, 1.165) is 44.8 Å². The van der Waals surface area contributed by atoms with E-state index in [4.69, 9.17) is 4.74 Å². The maximum absolute atomic E-state index is 12.1. The molecule has 0 saturated carbocycles. The van der Waals surface area contributed by atoms with Crippen LogP contribution in [-0.4, -0.2) is 65.3 Å². The Morgan fingerprint density at radius 2 is 1.96 bits per heavy atom. The van der Waals surface area contributed by atoms with Gasteiger partial charge in [-0.25, -0.2) is 9.97 Å². The van der Waals surface area contributed by atoms with Gasteiger partial charge in [-0.15, -0.1) is 0 Å². The van der Waals surface area contributed by atoms with E-state index in [9.17, 15) is 9.90 Å². The lowest BCUT2D eigenvalue weighted by Gasteiger charge is -2.47. The highest BCUT2D eigenvalue weighted by Gasteiger charge is 2.41. The number of aliphatic hydroxyl groups excluding tert-OH is 1. The zero-order chi connectivity index (χ0) is 17.2. The summed E-state index contributed by atoms with van der Waals surface area (Å²) in [6.45, 7) is 4.71. The maximum atomic E-state index is 12.1. The van der Waals surface area contributed by atoms with E-state index in [1.165, 1.54) is 0 Å². The molecule has 0 radical (unpaired) electrons. The van der Waals surface area contributed by atoms with Crippen LogP contribution in [0.25, 0.3) is 0 Å². The molecule has 1 aromatic heterocycles. The molecule has 1 amide bonds. The molecular weight excluding hydrogens is 308 g/mol. The van der Waals surface area contributed by atoms with Crippen molar-refractivity contribution in [1.29, 1.82) is 0 Å². The van der Waals surface area contributed by atoms with Crippen molar-refractivity contribution in [2.45, 2.75) is 38.7 Å². The van der Waals surface area contributed by atoms with Crippen molar-refractivity contribution in [2.24, 2.45) is 5.41 Å². The molecule has 3 heterocycles. The molecule has 2 fully saturated rings. The highest BCUT2D eigenvalue weighted by Crippen LogP contribution is 2.40. The fourth-order valence-electron chi connectivity index (χ4n) is 3.75. The predicted molar refractivity (Wildman–Crippen MR) is 90.0 cm³/mol. The van der Waals surface area contributed by atoms with E-state index in [0.29, 0.717) is 18.7 Å². The first-order valence-electron chi connectivity index (χ1n) is 8.58. The number of carbonyl (C=O) groups excluding carboxylic acids is 1. The second kappa shape index (κ2) is 6.93. The van der Waals surface area contributed by atoms with Gasteiger partial charge in [0, 0.05) is 32.6 Å². The molecule has 0 aromatic carbocycles. The number of aliphatic hydroxyl groups is 1. The molecule has 24 heavy (non-hydrogen) atoms. The number of carbonyl (C=O) groups is 1. The molecule has 1 atom stereocenters. The standard InChI is InChI=1S/C17H26N4O3/c1-13(22)11-21-12-17(4-3-15(21)23)5-7-20(8-6-17)16-18-9-14(24-2)10-19-16/h9-10,13,22H,3-8,11-12H2,1-2H3/t13-/m1/s1. The van der Waals surface area contributed by atoms with Gasteiger partial charge in [0.1, 0.15) is 0 Å². The summed E-state index contributed by atoms with van der Waals surface area (Å²) in [6.07, 6.45) is 6.48. The molecule has 132 valence electrons. The van der Waals surface area contributed by atoms with Gasteiger partial charge < -0.3 is 19.6 Å². The molecule has 1 spiro atoms. The molecule has 2 saturated heterocycles. The molecule has 0 unspecified atom stereocenters. The molecule has 1 N–H and O–H groups in total. The van der Waals surface area contributed by atoms with Gasteiger partial charge >= 0.3 is 0 Å². The Kier molecular flexibility index (Phi) is 4.89. The summed E-state index contributed by atoms with van der Waals surface area (Å²) in [5, 5.41) is 9.61. The van der Waals surface area contributed by atoms with Gasteiger partial charge in [0.2, 0.25) is 11.9 Å². The third-order valence-corrected chi connectivity index (χ3v) is 5.19. The summed E-state index contributed by atoms with van der Waals surface area (Å²) in [4.78, 5) is 24.8. The molecule has 3 rings (SSSR count). The smallest absolute Gasteiger partial charge is 0.225 e. The van der Waals surface area contributed by atoms with Crippen LogP contribution < -0.4 is 9.64 Å². The van der Waals surface area contributed by atoms with Crippen LogP contribution in [0.1, 0.15) is 32.6 Å². The zero-order valence-electron chi connectivity index (χ0n) is 14.4. The Bertz CT molecular complexity index is 568. The lowest BCUT2D eigenvalue weighted by atomic mass is 9.72. The van der Waals surface area contributed by atoms with Crippen molar-refractivity contribution in [3.05, 3.63) is 12.4 Å². The third kappa shape index (κ3) is 3.61. The Labute approximate surface area is 142 Å². The first kappa shape index (κ1) is 17.0. The van der Waals surface area contributed by atoms with E-state index < -0.39 is 6.10 Å². The van der Waals surface area contributed by atoms with Gasteiger partial charge in [-0.3, -0.25) is 4.79 Å².